The number of aliphatic hydroxyl groups is 2. The number of nitrogen functional groups attached to an aromatic ring is 1. The second-order valence-electron chi connectivity index (χ2n) is 10.2. The third-order valence-corrected chi connectivity index (χ3v) is 8.65. The fourth-order valence-corrected chi connectivity index (χ4v) is 6.40. The predicted octanol–water partition coefficient (Wildman–Crippen LogP) is 0.989. The second-order valence-corrected chi connectivity index (χ2v) is 11.9. The van der Waals surface area contributed by atoms with Crippen LogP contribution in [0.15, 0.2) is 41.5 Å². The van der Waals surface area contributed by atoms with Crippen LogP contribution < -0.4 is 20.9 Å². The molecule has 1 aliphatic carbocycles. The summed E-state index contributed by atoms with van der Waals surface area (Å²) in [7, 11) is -4.28. The Morgan fingerprint density at radius 1 is 1.32 bits per heavy atom. The zero-order chi connectivity index (χ0) is 28.9. The van der Waals surface area contributed by atoms with E-state index in [2.05, 4.69) is 20.0 Å². The summed E-state index contributed by atoms with van der Waals surface area (Å²) in [5.74, 6) is -0.634. The van der Waals surface area contributed by atoms with E-state index in [-0.39, 0.29) is 35.7 Å². The van der Waals surface area contributed by atoms with Crippen molar-refractivity contribution in [3.8, 4) is 5.75 Å². The number of rotatable bonds is 10. The molecule has 40 heavy (non-hydrogen) atoms. The molecule has 2 aliphatic rings. The first-order chi connectivity index (χ1) is 18.9. The number of aromatic amines is 1. The highest BCUT2D eigenvalue weighted by atomic mass is 31.2. The molecule has 2 aromatic heterocycles. The summed E-state index contributed by atoms with van der Waals surface area (Å²) in [4.78, 5) is 35.1. The summed E-state index contributed by atoms with van der Waals surface area (Å²) < 4.78 is 38.0. The minimum absolute atomic E-state index is 0.0335. The molecule has 3 heterocycles. The van der Waals surface area contributed by atoms with E-state index in [1.807, 2.05) is 0 Å². The van der Waals surface area contributed by atoms with Gasteiger partial charge in [-0.1, -0.05) is 18.2 Å². The number of hydrogen-bond acceptors (Lipinski definition) is 12. The second kappa shape index (κ2) is 10.3. The standard InChI is InChI=1S/C24H31N6O9P/c1-13(2)37-21(33)14(3)29-40(35,39-15-7-5-4-6-8-15)36-11-23-9-10-24(23,34)17(31)20(38-23)30-12-26-16-18(30)27-22(25)28-19(16)32/h4-8,12-14,17,20,31,34H,9-11H2,1-3H3,(H,29,35)(H3,25,27,28,32)/t14-,17-,20?,23?,24?,40?/m0/s1. The van der Waals surface area contributed by atoms with Crippen molar-refractivity contribution in [3.05, 3.63) is 47.0 Å². The number of hydrogen-bond donors (Lipinski definition) is 5. The minimum Gasteiger partial charge on any atom is -0.462 e. The van der Waals surface area contributed by atoms with Crippen molar-refractivity contribution in [2.45, 2.75) is 69.3 Å². The Bertz CT molecular complexity index is 1510. The van der Waals surface area contributed by atoms with Gasteiger partial charge in [-0.3, -0.25) is 23.7 Å². The molecule has 0 spiro atoms. The number of ether oxygens (including phenoxy) is 2. The number of esters is 1. The van der Waals surface area contributed by atoms with Gasteiger partial charge in [-0.2, -0.15) is 10.1 Å². The van der Waals surface area contributed by atoms with Crippen LogP contribution in [0, 0.1) is 0 Å². The number of anilines is 1. The predicted molar refractivity (Wildman–Crippen MR) is 140 cm³/mol. The molecule has 0 amide bonds. The van der Waals surface area contributed by atoms with Gasteiger partial charge in [0.15, 0.2) is 17.4 Å². The number of carbonyl (C=O) groups is 1. The van der Waals surface area contributed by atoms with E-state index in [9.17, 15) is 24.4 Å². The van der Waals surface area contributed by atoms with Gasteiger partial charge in [-0.05, 0) is 45.7 Å². The number of benzene rings is 1. The smallest absolute Gasteiger partial charge is 0.459 e. The number of imidazole rings is 1. The Morgan fingerprint density at radius 2 is 2.05 bits per heavy atom. The molecule has 1 saturated carbocycles. The molecule has 1 aromatic carbocycles. The van der Waals surface area contributed by atoms with Crippen LogP contribution in [-0.4, -0.2) is 71.8 Å². The lowest BCUT2D eigenvalue weighted by atomic mass is 9.64. The zero-order valence-electron chi connectivity index (χ0n) is 22.0. The van der Waals surface area contributed by atoms with Gasteiger partial charge < -0.3 is 29.9 Å². The Kier molecular flexibility index (Phi) is 7.23. The van der Waals surface area contributed by atoms with Crippen molar-refractivity contribution in [2.75, 3.05) is 12.3 Å². The van der Waals surface area contributed by atoms with Crippen LogP contribution in [0.5, 0.6) is 5.75 Å². The van der Waals surface area contributed by atoms with Crippen molar-refractivity contribution in [1.82, 2.24) is 24.6 Å². The van der Waals surface area contributed by atoms with Gasteiger partial charge in [-0.25, -0.2) is 9.55 Å². The lowest BCUT2D eigenvalue weighted by Crippen LogP contribution is -2.66. The summed E-state index contributed by atoms with van der Waals surface area (Å²) >= 11 is 0. The number of para-hydroxylation sites is 1. The van der Waals surface area contributed by atoms with Gasteiger partial charge in [-0.15, -0.1) is 0 Å². The molecular weight excluding hydrogens is 547 g/mol. The number of aliphatic hydroxyl groups excluding tert-OH is 1. The highest BCUT2D eigenvalue weighted by Gasteiger charge is 2.72. The molecule has 3 aromatic rings. The first-order valence-corrected chi connectivity index (χ1v) is 14.2. The van der Waals surface area contributed by atoms with Gasteiger partial charge in [0.1, 0.15) is 29.1 Å². The molecule has 16 heteroatoms. The van der Waals surface area contributed by atoms with Gasteiger partial charge >= 0.3 is 13.7 Å². The molecule has 1 saturated heterocycles. The number of nitrogens with two attached hydrogens (primary N) is 1. The first kappa shape index (κ1) is 28.2. The minimum atomic E-state index is -4.28. The van der Waals surface area contributed by atoms with Crippen molar-refractivity contribution >= 4 is 30.8 Å². The summed E-state index contributed by atoms with van der Waals surface area (Å²) in [5, 5.41) is 25.2. The van der Waals surface area contributed by atoms with Crippen molar-refractivity contribution < 1.29 is 38.1 Å². The molecule has 5 rings (SSSR count). The van der Waals surface area contributed by atoms with E-state index >= 15 is 0 Å². The topological polar surface area (TPSA) is 213 Å². The van der Waals surface area contributed by atoms with E-state index in [0.717, 1.165) is 0 Å². The lowest BCUT2D eigenvalue weighted by Gasteiger charge is -2.50. The molecule has 6 atom stereocenters. The Morgan fingerprint density at radius 3 is 2.70 bits per heavy atom. The molecular formula is C24H31N6O9P. The summed E-state index contributed by atoms with van der Waals surface area (Å²) in [6.45, 7) is 4.33. The largest absolute Gasteiger partial charge is 0.462 e. The molecule has 15 nitrogen and oxygen atoms in total. The number of aromatic nitrogens is 4. The third-order valence-electron chi connectivity index (χ3n) is 7.02. The fourth-order valence-electron chi connectivity index (χ4n) is 4.86. The van der Waals surface area contributed by atoms with E-state index in [1.165, 1.54) is 17.8 Å². The van der Waals surface area contributed by atoms with Crippen LogP contribution in [0.25, 0.3) is 11.2 Å². The molecule has 4 unspecified atom stereocenters. The first-order valence-electron chi connectivity index (χ1n) is 12.6. The zero-order valence-corrected chi connectivity index (χ0v) is 22.9. The van der Waals surface area contributed by atoms with E-state index in [4.69, 9.17) is 24.3 Å². The molecule has 0 bridgehead atoms. The van der Waals surface area contributed by atoms with Crippen molar-refractivity contribution in [3.63, 3.8) is 0 Å². The number of H-pyrrole nitrogens is 1. The van der Waals surface area contributed by atoms with Crippen LogP contribution in [0.2, 0.25) is 0 Å². The lowest BCUT2D eigenvalue weighted by molar-refractivity contribution is -0.226. The molecule has 0 radical (unpaired) electrons. The SMILES string of the molecule is CC(C)OC(=O)[C@H](C)NP(=O)(OCC12CCC1(O)[C@@H](O)C(n1cnc3c(=O)[nH]c(N)nc31)O2)Oc1ccccc1. The molecule has 6 N–H and O–H groups in total. The molecule has 1 aliphatic heterocycles. The number of nitrogens with zero attached hydrogens (tertiary/aromatic N) is 3. The maximum absolute atomic E-state index is 13.9. The van der Waals surface area contributed by atoms with Crippen LogP contribution >= 0.6 is 7.75 Å². The average Bonchev–Trinajstić information content (AvgIpc) is 3.36. The van der Waals surface area contributed by atoms with Crippen LogP contribution in [0.4, 0.5) is 5.95 Å². The fraction of sp³-hybridized carbons (Fsp3) is 0.500. The van der Waals surface area contributed by atoms with E-state index < -0.39 is 61.6 Å². The van der Waals surface area contributed by atoms with Crippen LogP contribution in [0.1, 0.15) is 39.8 Å². The highest BCUT2D eigenvalue weighted by molar-refractivity contribution is 7.52. The number of nitrogens with one attached hydrogen (secondary N) is 2. The summed E-state index contributed by atoms with van der Waals surface area (Å²) in [6, 6.07) is 7.12. The monoisotopic (exact) mass is 578 g/mol. The normalized spacial score (nSPS) is 28.1. The Labute approximate surface area is 228 Å². The molecule has 2 fully saturated rings. The van der Waals surface area contributed by atoms with Crippen LogP contribution in [0.3, 0.4) is 0 Å². The van der Waals surface area contributed by atoms with Crippen LogP contribution in [-0.2, 0) is 23.4 Å². The quantitative estimate of drug-likeness (QED) is 0.168. The highest BCUT2D eigenvalue weighted by Crippen LogP contribution is 2.59. The Balaban J connectivity index is 1.41. The van der Waals surface area contributed by atoms with E-state index in [0.29, 0.717) is 0 Å². The molecule has 216 valence electrons. The maximum atomic E-state index is 13.9. The van der Waals surface area contributed by atoms with Gasteiger partial charge in [0.25, 0.3) is 5.56 Å². The third kappa shape index (κ3) is 4.89. The number of carbonyl (C=O) groups excluding carboxylic acids is 1. The summed E-state index contributed by atoms with van der Waals surface area (Å²) in [6.07, 6.45) is -1.50. The Hall–Kier alpha value is -3.33. The van der Waals surface area contributed by atoms with Gasteiger partial charge in [0, 0.05) is 0 Å². The average molecular weight is 579 g/mol. The number of fused-ring (bicyclic) bond motifs is 2. The van der Waals surface area contributed by atoms with Crippen molar-refractivity contribution in [1.29, 1.82) is 0 Å². The van der Waals surface area contributed by atoms with E-state index in [1.54, 1.807) is 44.2 Å². The van der Waals surface area contributed by atoms with Gasteiger partial charge in [0.05, 0.1) is 19.0 Å². The maximum Gasteiger partial charge on any atom is 0.459 e. The summed E-state index contributed by atoms with van der Waals surface area (Å²) in [5.41, 5.74) is 1.80. The van der Waals surface area contributed by atoms with Gasteiger partial charge in [0.2, 0.25) is 5.95 Å². The van der Waals surface area contributed by atoms with Crippen molar-refractivity contribution in [2.24, 2.45) is 0 Å².